The second-order valence-corrected chi connectivity index (χ2v) is 7.05. The monoisotopic (exact) mass is 474 g/mol. The van der Waals surface area contributed by atoms with Gasteiger partial charge in [-0.1, -0.05) is 19.1 Å². The molecule has 1 unspecified atom stereocenters. The van der Waals surface area contributed by atoms with E-state index in [1.807, 2.05) is 6.92 Å². The number of aliphatic hydroxyl groups is 1. The zero-order valence-electron chi connectivity index (χ0n) is 16.4. The number of anilines is 1. The molecule has 0 aliphatic carbocycles. The quantitative estimate of drug-likeness (QED) is 0.362. The van der Waals surface area contributed by atoms with Crippen LogP contribution in [-0.4, -0.2) is 55.8 Å². The van der Waals surface area contributed by atoms with Gasteiger partial charge in [-0.2, -0.15) is 0 Å². The Hall–Kier alpha value is -1.02. The van der Waals surface area contributed by atoms with E-state index in [1.165, 1.54) is 43.6 Å². The molecule has 148 valence electrons. The van der Waals surface area contributed by atoms with Crippen LogP contribution < -0.4 is 10.2 Å². The van der Waals surface area contributed by atoms with E-state index in [0.29, 0.717) is 6.54 Å². The molecule has 2 rings (SSSR count). The number of halogens is 1. The SMILES string of the molecule is CCNC(=NCC(C)CO)N(C)Cc1ccc(N2CCCCC2)cc1.I. The minimum atomic E-state index is 0. The van der Waals surface area contributed by atoms with Crippen LogP contribution in [0.15, 0.2) is 29.3 Å². The first-order chi connectivity index (χ1) is 12.1. The summed E-state index contributed by atoms with van der Waals surface area (Å²) >= 11 is 0. The molecule has 1 aliphatic rings. The van der Waals surface area contributed by atoms with Gasteiger partial charge in [0.05, 0.1) is 0 Å². The molecule has 2 N–H and O–H groups in total. The molecule has 0 bridgehead atoms. The number of nitrogens with zero attached hydrogens (tertiary/aromatic N) is 3. The minimum Gasteiger partial charge on any atom is -0.396 e. The highest BCUT2D eigenvalue weighted by atomic mass is 127. The third-order valence-electron chi connectivity index (χ3n) is 4.64. The van der Waals surface area contributed by atoms with Gasteiger partial charge in [-0.15, -0.1) is 24.0 Å². The molecular formula is C20H35IN4O. The summed E-state index contributed by atoms with van der Waals surface area (Å²) in [4.78, 5) is 9.26. The minimum absolute atomic E-state index is 0. The van der Waals surface area contributed by atoms with Gasteiger partial charge in [-0.3, -0.25) is 4.99 Å². The van der Waals surface area contributed by atoms with Crippen molar-refractivity contribution in [3.8, 4) is 0 Å². The number of hydrogen-bond donors (Lipinski definition) is 2. The molecule has 1 aromatic carbocycles. The highest BCUT2D eigenvalue weighted by Gasteiger charge is 2.11. The number of aliphatic hydroxyl groups excluding tert-OH is 1. The highest BCUT2D eigenvalue weighted by molar-refractivity contribution is 14.0. The second kappa shape index (κ2) is 12.4. The zero-order valence-corrected chi connectivity index (χ0v) is 18.8. The number of piperidine rings is 1. The van der Waals surface area contributed by atoms with E-state index >= 15 is 0 Å². The van der Waals surface area contributed by atoms with Gasteiger partial charge in [0.15, 0.2) is 5.96 Å². The van der Waals surface area contributed by atoms with Crippen LogP contribution in [0.4, 0.5) is 5.69 Å². The van der Waals surface area contributed by atoms with Crippen LogP contribution in [0, 0.1) is 5.92 Å². The number of nitrogens with one attached hydrogen (secondary N) is 1. The lowest BCUT2D eigenvalue weighted by molar-refractivity contribution is 0.241. The first-order valence-corrected chi connectivity index (χ1v) is 9.58. The fourth-order valence-corrected chi connectivity index (χ4v) is 3.08. The molecule has 1 heterocycles. The maximum atomic E-state index is 9.18. The molecule has 0 saturated carbocycles. The van der Waals surface area contributed by atoms with Crippen molar-refractivity contribution in [1.29, 1.82) is 0 Å². The van der Waals surface area contributed by atoms with Gasteiger partial charge >= 0.3 is 0 Å². The van der Waals surface area contributed by atoms with E-state index in [4.69, 9.17) is 0 Å². The Labute approximate surface area is 175 Å². The molecular weight excluding hydrogens is 439 g/mol. The number of hydrogen-bond acceptors (Lipinski definition) is 3. The molecule has 1 fully saturated rings. The molecule has 1 aromatic rings. The van der Waals surface area contributed by atoms with E-state index in [1.54, 1.807) is 0 Å². The Kier molecular flexibility index (Phi) is 11.0. The lowest BCUT2D eigenvalue weighted by atomic mass is 10.1. The zero-order chi connectivity index (χ0) is 18.1. The fraction of sp³-hybridized carbons (Fsp3) is 0.650. The first-order valence-electron chi connectivity index (χ1n) is 9.58. The fourth-order valence-electron chi connectivity index (χ4n) is 3.08. The van der Waals surface area contributed by atoms with Crippen LogP contribution in [0.5, 0.6) is 0 Å². The number of benzene rings is 1. The smallest absolute Gasteiger partial charge is 0.193 e. The average molecular weight is 474 g/mol. The Morgan fingerprint density at radius 1 is 1.23 bits per heavy atom. The first kappa shape index (κ1) is 23.0. The van der Waals surface area contributed by atoms with E-state index in [0.717, 1.165) is 19.0 Å². The summed E-state index contributed by atoms with van der Waals surface area (Å²) in [6, 6.07) is 8.93. The molecule has 0 aromatic heterocycles. The van der Waals surface area contributed by atoms with Gasteiger partial charge in [0, 0.05) is 52.1 Å². The van der Waals surface area contributed by atoms with Crippen LogP contribution in [0.1, 0.15) is 38.7 Å². The summed E-state index contributed by atoms with van der Waals surface area (Å²) in [5.74, 6) is 1.08. The lowest BCUT2D eigenvalue weighted by Crippen LogP contribution is -2.38. The Morgan fingerprint density at radius 3 is 2.46 bits per heavy atom. The topological polar surface area (TPSA) is 51.1 Å². The van der Waals surface area contributed by atoms with Gasteiger partial charge in [0.2, 0.25) is 0 Å². The second-order valence-electron chi connectivity index (χ2n) is 7.05. The molecule has 5 nitrogen and oxygen atoms in total. The molecule has 0 amide bonds. The van der Waals surface area contributed by atoms with E-state index in [2.05, 4.69) is 58.3 Å². The van der Waals surface area contributed by atoms with E-state index < -0.39 is 0 Å². The van der Waals surface area contributed by atoms with Crippen LogP contribution >= 0.6 is 24.0 Å². The lowest BCUT2D eigenvalue weighted by Gasteiger charge is -2.29. The molecule has 1 saturated heterocycles. The maximum Gasteiger partial charge on any atom is 0.193 e. The Balaban J connectivity index is 0.00000338. The summed E-state index contributed by atoms with van der Waals surface area (Å²) in [6.45, 7) is 8.91. The van der Waals surface area contributed by atoms with Crippen LogP contribution in [0.2, 0.25) is 0 Å². The van der Waals surface area contributed by atoms with Crippen molar-refractivity contribution < 1.29 is 5.11 Å². The van der Waals surface area contributed by atoms with Crippen LogP contribution in [0.25, 0.3) is 0 Å². The standard InChI is InChI=1S/C20H34N4O.HI/c1-4-21-20(22-14-17(2)16-25)23(3)15-18-8-10-19(11-9-18)24-12-6-5-7-13-24;/h8-11,17,25H,4-7,12-16H2,1-3H3,(H,21,22);1H. The highest BCUT2D eigenvalue weighted by Crippen LogP contribution is 2.20. The van der Waals surface area contributed by atoms with Crippen molar-refractivity contribution in [2.24, 2.45) is 10.9 Å². The van der Waals surface area contributed by atoms with E-state index in [9.17, 15) is 5.11 Å². The predicted molar refractivity (Wildman–Crippen MR) is 122 cm³/mol. The molecule has 0 spiro atoms. The van der Waals surface area contributed by atoms with Crippen molar-refractivity contribution in [3.05, 3.63) is 29.8 Å². The normalized spacial score (nSPS) is 16.0. The van der Waals surface area contributed by atoms with Crippen LogP contribution in [0.3, 0.4) is 0 Å². The molecule has 26 heavy (non-hydrogen) atoms. The maximum absolute atomic E-state index is 9.18. The van der Waals surface area contributed by atoms with Crippen molar-refractivity contribution in [3.63, 3.8) is 0 Å². The Morgan fingerprint density at radius 2 is 1.88 bits per heavy atom. The molecule has 0 radical (unpaired) electrons. The van der Waals surface area contributed by atoms with Gasteiger partial charge in [0.1, 0.15) is 0 Å². The number of guanidine groups is 1. The summed E-state index contributed by atoms with van der Waals surface area (Å²) in [5.41, 5.74) is 2.62. The van der Waals surface area contributed by atoms with Crippen molar-refractivity contribution in [2.45, 2.75) is 39.7 Å². The summed E-state index contributed by atoms with van der Waals surface area (Å²) in [5, 5.41) is 12.5. The van der Waals surface area contributed by atoms with Crippen LogP contribution in [-0.2, 0) is 6.54 Å². The van der Waals surface area contributed by atoms with Gasteiger partial charge in [-0.05, 0) is 49.8 Å². The van der Waals surface area contributed by atoms with Gasteiger partial charge in [0.25, 0.3) is 0 Å². The number of rotatable bonds is 7. The summed E-state index contributed by atoms with van der Waals surface area (Å²) in [6.07, 6.45) is 3.97. The predicted octanol–water partition coefficient (Wildman–Crippen LogP) is 3.32. The largest absolute Gasteiger partial charge is 0.396 e. The van der Waals surface area contributed by atoms with E-state index in [-0.39, 0.29) is 36.5 Å². The summed E-state index contributed by atoms with van der Waals surface area (Å²) < 4.78 is 0. The molecule has 1 atom stereocenters. The molecule has 1 aliphatic heterocycles. The average Bonchev–Trinajstić information content (AvgIpc) is 2.66. The Bertz CT molecular complexity index is 529. The van der Waals surface area contributed by atoms with Crippen molar-refractivity contribution in [1.82, 2.24) is 10.2 Å². The van der Waals surface area contributed by atoms with Gasteiger partial charge < -0.3 is 20.2 Å². The van der Waals surface area contributed by atoms with Crippen molar-refractivity contribution >= 4 is 35.6 Å². The summed E-state index contributed by atoms with van der Waals surface area (Å²) in [7, 11) is 2.06. The third-order valence-corrected chi connectivity index (χ3v) is 4.64. The van der Waals surface area contributed by atoms with Gasteiger partial charge in [-0.25, -0.2) is 0 Å². The van der Waals surface area contributed by atoms with Crippen molar-refractivity contribution in [2.75, 3.05) is 44.7 Å². The third kappa shape index (κ3) is 7.31. The molecule has 6 heteroatoms. The number of aliphatic imine (C=N–C) groups is 1.